The molecular formula is C7H12ClN3O3. The maximum Gasteiger partial charge on any atom is 0.321 e. The molecule has 0 aliphatic carbocycles. The van der Waals surface area contributed by atoms with Crippen molar-refractivity contribution in [3.05, 3.63) is 0 Å². The zero-order valence-corrected chi connectivity index (χ0v) is 8.43. The van der Waals surface area contributed by atoms with Gasteiger partial charge in [-0.3, -0.25) is 14.9 Å². The summed E-state index contributed by atoms with van der Waals surface area (Å²) in [5.74, 6) is -1.12. The lowest BCUT2D eigenvalue weighted by atomic mass is 10.4. The molecule has 0 saturated carbocycles. The largest absolute Gasteiger partial charge is 0.370 e. The SMILES string of the molecule is CC(Cl)C(=O)NC(=O)NCCC(N)=O. The topological polar surface area (TPSA) is 101 Å². The number of amides is 4. The van der Waals surface area contributed by atoms with Gasteiger partial charge in [0.25, 0.3) is 0 Å². The number of carbonyl (C=O) groups is 3. The Balaban J connectivity index is 3.66. The van der Waals surface area contributed by atoms with E-state index in [1.165, 1.54) is 6.92 Å². The maximum absolute atomic E-state index is 10.9. The van der Waals surface area contributed by atoms with Crippen LogP contribution in [0.1, 0.15) is 13.3 Å². The number of primary amides is 1. The Kier molecular flexibility index (Phi) is 5.62. The number of halogens is 1. The van der Waals surface area contributed by atoms with E-state index in [0.29, 0.717) is 0 Å². The first kappa shape index (κ1) is 12.7. The second-order valence-electron chi connectivity index (χ2n) is 2.58. The standard InChI is InChI=1S/C7H12ClN3O3/c1-4(8)6(13)11-7(14)10-3-2-5(9)12/h4H,2-3H2,1H3,(H2,9,12)(H2,10,11,13,14). The number of alkyl halides is 1. The van der Waals surface area contributed by atoms with Crippen molar-refractivity contribution in [1.82, 2.24) is 10.6 Å². The van der Waals surface area contributed by atoms with Crippen molar-refractivity contribution < 1.29 is 14.4 Å². The van der Waals surface area contributed by atoms with E-state index in [1.807, 2.05) is 5.32 Å². The zero-order valence-electron chi connectivity index (χ0n) is 7.67. The molecule has 4 amide bonds. The molecule has 0 aromatic carbocycles. The predicted molar refractivity (Wildman–Crippen MR) is 50.7 cm³/mol. The average molecular weight is 222 g/mol. The molecule has 6 nitrogen and oxygen atoms in total. The van der Waals surface area contributed by atoms with Crippen LogP contribution in [0.25, 0.3) is 0 Å². The van der Waals surface area contributed by atoms with Crippen LogP contribution >= 0.6 is 11.6 Å². The van der Waals surface area contributed by atoms with Crippen LogP contribution in [0.4, 0.5) is 4.79 Å². The van der Waals surface area contributed by atoms with E-state index in [2.05, 4.69) is 5.32 Å². The number of urea groups is 1. The minimum Gasteiger partial charge on any atom is -0.370 e. The van der Waals surface area contributed by atoms with Gasteiger partial charge in [-0.2, -0.15) is 0 Å². The summed E-state index contributed by atoms with van der Waals surface area (Å²) in [5, 5.41) is 3.47. The monoisotopic (exact) mass is 221 g/mol. The van der Waals surface area contributed by atoms with Gasteiger partial charge in [-0.05, 0) is 6.92 Å². The van der Waals surface area contributed by atoms with Crippen LogP contribution in [0.2, 0.25) is 0 Å². The number of hydrogen-bond acceptors (Lipinski definition) is 3. The molecule has 1 unspecified atom stereocenters. The normalized spacial score (nSPS) is 11.6. The van der Waals surface area contributed by atoms with Gasteiger partial charge in [-0.15, -0.1) is 11.6 Å². The van der Waals surface area contributed by atoms with Crippen LogP contribution in [-0.2, 0) is 9.59 Å². The van der Waals surface area contributed by atoms with Gasteiger partial charge in [0.2, 0.25) is 11.8 Å². The third kappa shape index (κ3) is 6.24. The van der Waals surface area contributed by atoms with E-state index >= 15 is 0 Å². The quantitative estimate of drug-likeness (QED) is 0.548. The molecule has 0 rings (SSSR count). The summed E-state index contributed by atoms with van der Waals surface area (Å²) in [5.41, 5.74) is 4.83. The van der Waals surface area contributed by atoms with Crippen molar-refractivity contribution in [3.8, 4) is 0 Å². The van der Waals surface area contributed by atoms with E-state index in [0.717, 1.165) is 0 Å². The zero-order chi connectivity index (χ0) is 11.1. The molecule has 80 valence electrons. The van der Waals surface area contributed by atoms with Crippen molar-refractivity contribution >= 4 is 29.4 Å². The first-order valence-corrected chi connectivity index (χ1v) is 4.38. The molecule has 0 aliphatic rings. The van der Waals surface area contributed by atoms with Crippen LogP contribution in [0.15, 0.2) is 0 Å². The van der Waals surface area contributed by atoms with E-state index in [9.17, 15) is 14.4 Å². The molecule has 0 heterocycles. The number of nitrogens with one attached hydrogen (secondary N) is 2. The molecule has 0 aromatic rings. The van der Waals surface area contributed by atoms with Crippen molar-refractivity contribution in [1.29, 1.82) is 0 Å². The number of carbonyl (C=O) groups excluding carboxylic acids is 3. The Hall–Kier alpha value is -1.30. The summed E-state index contributed by atoms with van der Waals surface area (Å²) < 4.78 is 0. The molecule has 0 saturated heterocycles. The third-order valence-corrected chi connectivity index (χ3v) is 1.45. The van der Waals surface area contributed by atoms with Gasteiger partial charge in [0.15, 0.2) is 0 Å². The summed E-state index contributed by atoms with van der Waals surface area (Å²) in [6, 6.07) is -0.691. The molecule has 14 heavy (non-hydrogen) atoms. The van der Waals surface area contributed by atoms with E-state index in [-0.39, 0.29) is 13.0 Å². The van der Waals surface area contributed by atoms with Crippen LogP contribution in [0, 0.1) is 0 Å². The van der Waals surface area contributed by atoms with Crippen molar-refractivity contribution in [3.63, 3.8) is 0 Å². The van der Waals surface area contributed by atoms with Crippen molar-refractivity contribution in [2.45, 2.75) is 18.7 Å². The molecule has 0 spiro atoms. The fourth-order valence-electron chi connectivity index (χ4n) is 0.555. The van der Waals surface area contributed by atoms with Crippen molar-refractivity contribution in [2.24, 2.45) is 5.73 Å². The van der Waals surface area contributed by atoms with Gasteiger partial charge in [0.05, 0.1) is 0 Å². The molecule has 0 radical (unpaired) electrons. The first-order valence-electron chi connectivity index (χ1n) is 3.94. The average Bonchev–Trinajstić information content (AvgIpc) is 2.02. The Bertz CT molecular complexity index is 242. The molecule has 0 aromatic heterocycles. The predicted octanol–water partition coefficient (Wildman–Crippen LogP) is -0.685. The van der Waals surface area contributed by atoms with E-state index in [1.54, 1.807) is 0 Å². The lowest BCUT2D eigenvalue weighted by Gasteiger charge is -2.06. The summed E-state index contributed by atoms with van der Waals surface area (Å²) in [6.07, 6.45) is 0.0258. The van der Waals surface area contributed by atoms with Crippen LogP contribution in [-0.4, -0.2) is 29.8 Å². The highest BCUT2D eigenvalue weighted by molar-refractivity contribution is 6.31. The highest BCUT2D eigenvalue weighted by atomic mass is 35.5. The van der Waals surface area contributed by atoms with E-state index in [4.69, 9.17) is 17.3 Å². The minimum absolute atomic E-state index is 0.0258. The van der Waals surface area contributed by atoms with Crippen molar-refractivity contribution in [2.75, 3.05) is 6.54 Å². The Morgan fingerprint density at radius 1 is 1.43 bits per heavy atom. The summed E-state index contributed by atoms with van der Waals surface area (Å²) in [7, 11) is 0. The summed E-state index contributed by atoms with van der Waals surface area (Å²) >= 11 is 5.39. The van der Waals surface area contributed by atoms with Crippen LogP contribution < -0.4 is 16.4 Å². The fraction of sp³-hybridized carbons (Fsp3) is 0.571. The number of rotatable bonds is 4. The van der Waals surface area contributed by atoms with E-state index < -0.39 is 23.2 Å². The van der Waals surface area contributed by atoms with Gasteiger partial charge in [0, 0.05) is 13.0 Å². The maximum atomic E-state index is 10.9. The molecule has 4 N–H and O–H groups in total. The molecule has 0 fully saturated rings. The van der Waals surface area contributed by atoms with Crippen LogP contribution in [0.5, 0.6) is 0 Å². The van der Waals surface area contributed by atoms with Gasteiger partial charge in [-0.25, -0.2) is 4.79 Å². The molecular weight excluding hydrogens is 210 g/mol. The van der Waals surface area contributed by atoms with Gasteiger partial charge in [0.1, 0.15) is 5.38 Å². The summed E-state index contributed by atoms with van der Waals surface area (Å²) in [6.45, 7) is 1.53. The fourth-order valence-corrected chi connectivity index (χ4v) is 0.609. The Morgan fingerprint density at radius 3 is 2.43 bits per heavy atom. The molecule has 0 aliphatic heterocycles. The van der Waals surface area contributed by atoms with Gasteiger partial charge < -0.3 is 11.1 Å². The third-order valence-electron chi connectivity index (χ3n) is 1.25. The Morgan fingerprint density at radius 2 is 2.00 bits per heavy atom. The molecule has 0 bridgehead atoms. The molecule has 7 heteroatoms. The number of hydrogen-bond donors (Lipinski definition) is 3. The number of nitrogens with two attached hydrogens (primary N) is 1. The lowest BCUT2D eigenvalue weighted by molar-refractivity contribution is -0.119. The smallest absolute Gasteiger partial charge is 0.321 e. The second kappa shape index (κ2) is 6.20. The lowest BCUT2D eigenvalue weighted by Crippen LogP contribution is -2.43. The van der Waals surface area contributed by atoms with Gasteiger partial charge >= 0.3 is 6.03 Å². The highest BCUT2D eigenvalue weighted by Crippen LogP contribution is 1.91. The second-order valence-corrected chi connectivity index (χ2v) is 3.23. The minimum atomic E-state index is -0.781. The van der Waals surface area contributed by atoms with Crippen LogP contribution in [0.3, 0.4) is 0 Å². The molecule has 1 atom stereocenters. The first-order chi connectivity index (χ1) is 6.43. The Labute approximate surface area is 86.2 Å². The van der Waals surface area contributed by atoms with Gasteiger partial charge in [-0.1, -0.05) is 0 Å². The highest BCUT2D eigenvalue weighted by Gasteiger charge is 2.12. The summed E-state index contributed by atoms with van der Waals surface area (Å²) in [4.78, 5) is 32.0. The number of imide groups is 1.